The Balaban J connectivity index is 3.05. The average Bonchev–Trinajstić information content (AvgIpc) is 2.32. The lowest BCUT2D eigenvalue weighted by molar-refractivity contribution is 0.327. The molecule has 1 aromatic rings. The molecule has 8 heteroatoms. The van der Waals surface area contributed by atoms with Crippen molar-refractivity contribution >= 4 is 32.9 Å². The molecule has 0 aliphatic rings. The number of likely N-dealkylation sites (N-methyl/N-ethyl adjacent to an activating group) is 1. The summed E-state index contributed by atoms with van der Waals surface area (Å²) in [7, 11) is 3.81. The van der Waals surface area contributed by atoms with Crippen molar-refractivity contribution in [1.29, 1.82) is 0 Å². The van der Waals surface area contributed by atoms with Crippen LogP contribution in [0.5, 0.6) is 5.88 Å². The highest BCUT2D eigenvalue weighted by molar-refractivity contribution is 9.10. The predicted octanol–water partition coefficient (Wildman–Crippen LogP) is 1.75. The summed E-state index contributed by atoms with van der Waals surface area (Å²) in [4.78, 5) is 6.06. The summed E-state index contributed by atoms with van der Waals surface area (Å²) >= 11 is 1.18. The molecule has 0 amide bonds. The monoisotopic (exact) mass is 351 g/mol. The van der Waals surface area contributed by atoms with Gasteiger partial charge < -0.3 is 9.64 Å². The molecule has 1 unspecified atom stereocenters. The van der Waals surface area contributed by atoms with Gasteiger partial charge in [0.15, 0.2) is 0 Å². The molecule has 108 valence electrons. The molecule has 1 atom stereocenters. The molecule has 0 aliphatic carbocycles. The van der Waals surface area contributed by atoms with E-state index in [1.807, 2.05) is 25.9 Å². The van der Waals surface area contributed by atoms with E-state index in [2.05, 4.69) is 20.9 Å². The van der Waals surface area contributed by atoms with E-state index in [4.69, 9.17) is 4.74 Å². The van der Waals surface area contributed by atoms with Crippen molar-refractivity contribution < 1.29 is 13.5 Å². The number of pyridine rings is 1. The van der Waals surface area contributed by atoms with E-state index in [-0.39, 0.29) is 0 Å². The molecular formula is C11H18BrN3O3S. The van der Waals surface area contributed by atoms with Crippen molar-refractivity contribution in [2.75, 3.05) is 38.1 Å². The van der Waals surface area contributed by atoms with E-state index in [0.29, 0.717) is 31.3 Å². The van der Waals surface area contributed by atoms with Crippen LogP contribution in [0.3, 0.4) is 0 Å². The highest BCUT2D eigenvalue weighted by Crippen LogP contribution is 2.29. The molecule has 19 heavy (non-hydrogen) atoms. The van der Waals surface area contributed by atoms with Gasteiger partial charge in [0.2, 0.25) is 5.88 Å². The van der Waals surface area contributed by atoms with Gasteiger partial charge in [0.1, 0.15) is 5.69 Å². The molecule has 1 N–H and O–H groups in total. The van der Waals surface area contributed by atoms with Gasteiger partial charge in [-0.1, -0.05) is 0 Å². The number of aromatic nitrogens is 1. The Morgan fingerprint density at radius 3 is 2.68 bits per heavy atom. The minimum Gasteiger partial charge on any atom is -0.476 e. The molecule has 0 spiro atoms. The lowest BCUT2D eigenvalue weighted by atomic mass is 10.4. The van der Waals surface area contributed by atoms with Gasteiger partial charge in [-0.05, 0) is 43.0 Å². The standard InChI is InChI=1S/C11H18BrN3O3S/c1-4-18-11-10(7-9(12)8-13-11)15(19(16)17)6-5-14(2)3/h7-8H,4-6H2,1-3H3,(H,16,17). The van der Waals surface area contributed by atoms with Crippen LogP contribution in [0, 0.1) is 0 Å². The fraction of sp³-hybridized carbons (Fsp3) is 0.545. The highest BCUT2D eigenvalue weighted by atomic mass is 79.9. The maximum atomic E-state index is 11.5. The van der Waals surface area contributed by atoms with Gasteiger partial charge in [-0.25, -0.2) is 9.19 Å². The van der Waals surface area contributed by atoms with Crippen molar-refractivity contribution in [2.24, 2.45) is 0 Å². The number of hydrogen-bond donors (Lipinski definition) is 1. The Morgan fingerprint density at radius 1 is 1.47 bits per heavy atom. The first kappa shape index (κ1) is 16.4. The van der Waals surface area contributed by atoms with Gasteiger partial charge >= 0.3 is 0 Å². The maximum Gasteiger partial charge on any atom is 0.262 e. The van der Waals surface area contributed by atoms with Crippen LogP contribution in [0.1, 0.15) is 6.92 Å². The number of anilines is 1. The Kier molecular flexibility index (Phi) is 6.70. The van der Waals surface area contributed by atoms with Crippen molar-refractivity contribution in [3.05, 3.63) is 16.7 Å². The van der Waals surface area contributed by atoms with Crippen LogP contribution in [0.25, 0.3) is 0 Å². The highest BCUT2D eigenvalue weighted by Gasteiger charge is 2.19. The average molecular weight is 352 g/mol. The quantitative estimate of drug-likeness (QED) is 0.758. The lowest BCUT2D eigenvalue weighted by Crippen LogP contribution is -2.33. The SMILES string of the molecule is CCOc1ncc(Br)cc1N(CCN(C)C)S(=O)O. The minimum absolute atomic E-state index is 0.354. The summed E-state index contributed by atoms with van der Waals surface area (Å²) in [5.74, 6) is 0.354. The molecule has 1 rings (SSSR count). The van der Waals surface area contributed by atoms with Crippen LogP contribution in [0.4, 0.5) is 5.69 Å². The first-order chi connectivity index (χ1) is 8.95. The molecule has 6 nitrogen and oxygen atoms in total. The van der Waals surface area contributed by atoms with E-state index < -0.39 is 11.3 Å². The third-order valence-electron chi connectivity index (χ3n) is 2.29. The maximum absolute atomic E-state index is 11.5. The number of ether oxygens (including phenoxy) is 1. The van der Waals surface area contributed by atoms with E-state index in [1.165, 1.54) is 4.31 Å². The third kappa shape index (κ3) is 5.06. The van der Waals surface area contributed by atoms with Crippen LogP contribution in [-0.2, 0) is 11.3 Å². The second-order valence-electron chi connectivity index (χ2n) is 4.05. The molecule has 1 heterocycles. The Labute approximate surface area is 124 Å². The first-order valence-corrected chi connectivity index (χ1v) is 7.63. The van der Waals surface area contributed by atoms with Gasteiger partial charge in [0.25, 0.3) is 11.3 Å². The van der Waals surface area contributed by atoms with E-state index >= 15 is 0 Å². The summed E-state index contributed by atoms with van der Waals surface area (Å²) in [6.45, 7) is 3.33. The second-order valence-corrected chi connectivity index (χ2v) is 5.86. The van der Waals surface area contributed by atoms with Crippen molar-refractivity contribution in [2.45, 2.75) is 6.92 Å². The molecule has 0 aromatic carbocycles. The van der Waals surface area contributed by atoms with Crippen LogP contribution in [0.2, 0.25) is 0 Å². The molecule has 1 aromatic heterocycles. The predicted molar refractivity (Wildman–Crippen MR) is 79.8 cm³/mol. The normalized spacial score (nSPS) is 12.5. The second kappa shape index (κ2) is 7.78. The third-order valence-corrected chi connectivity index (χ3v) is 3.48. The van der Waals surface area contributed by atoms with Crippen LogP contribution in [-0.4, -0.2) is 52.4 Å². The molecule has 0 aliphatic heterocycles. The van der Waals surface area contributed by atoms with Crippen LogP contribution >= 0.6 is 15.9 Å². The van der Waals surface area contributed by atoms with E-state index in [9.17, 15) is 8.76 Å². The number of hydrogen-bond acceptors (Lipinski definition) is 4. The zero-order valence-electron chi connectivity index (χ0n) is 11.2. The van der Waals surface area contributed by atoms with Crippen molar-refractivity contribution in [1.82, 2.24) is 9.88 Å². The summed E-state index contributed by atoms with van der Waals surface area (Å²) in [5, 5.41) is 0. The first-order valence-electron chi connectivity index (χ1n) is 5.77. The van der Waals surface area contributed by atoms with Gasteiger partial charge in [0, 0.05) is 23.8 Å². The summed E-state index contributed by atoms with van der Waals surface area (Å²) < 4.78 is 28.4. The Bertz CT molecular complexity index is 445. The van der Waals surface area contributed by atoms with Crippen LogP contribution in [0.15, 0.2) is 16.7 Å². The van der Waals surface area contributed by atoms with E-state index in [1.54, 1.807) is 12.3 Å². The Hall–Kier alpha value is -0.700. The fourth-order valence-electron chi connectivity index (χ4n) is 1.42. The van der Waals surface area contributed by atoms with Gasteiger partial charge in [0.05, 0.1) is 6.61 Å². The number of halogens is 1. The summed E-state index contributed by atoms with van der Waals surface area (Å²) in [6, 6.07) is 1.72. The molecular weight excluding hydrogens is 334 g/mol. The van der Waals surface area contributed by atoms with Crippen molar-refractivity contribution in [3.63, 3.8) is 0 Å². The molecule has 0 saturated carbocycles. The van der Waals surface area contributed by atoms with Gasteiger partial charge in [-0.3, -0.25) is 8.86 Å². The lowest BCUT2D eigenvalue weighted by Gasteiger charge is -2.23. The zero-order chi connectivity index (χ0) is 14.4. The largest absolute Gasteiger partial charge is 0.476 e. The molecule has 0 radical (unpaired) electrons. The Morgan fingerprint density at radius 2 is 2.16 bits per heavy atom. The fourth-order valence-corrected chi connectivity index (χ4v) is 2.27. The molecule has 0 saturated heterocycles. The summed E-state index contributed by atoms with van der Waals surface area (Å²) in [5.41, 5.74) is 0.499. The van der Waals surface area contributed by atoms with Crippen molar-refractivity contribution in [3.8, 4) is 5.88 Å². The number of rotatable bonds is 7. The zero-order valence-corrected chi connectivity index (χ0v) is 13.6. The smallest absolute Gasteiger partial charge is 0.262 e. The molecule has 0 fully saturated rings. The molecule has 0 bridgehead atoms. The minimum atomic E-state index is -2.13. The van der Waals surface area contributed by atoms with Gasteiger partial charge in [-0.2, -0.15) is 0 Å². The summed E-state index contributed by atoms with van der Waals surface area (Å²) in [6.07, 6.45) is 1.60. The number of nitrogens with zero attached hydrogens (tertiary/aromatic N) is 3. The topological polar surface area (TPSA) is 65.9 Å². The van der Waals surface area contributed by atoms with Gasteiger partial charge in [-0.15, -0.1) is 0 Å². The van der Waals surface area contributed by atoms with Crippen LogP contribution < -0.4 is 9.04 Å². The van der Waals surface area contributed by atoms with E-state index in [0.717, 1.165) is 4.47 Å².